The molecule has 0 atom stereocenters. The van der Waals surface area contributed by atoms with E-state index in [9.17, 15) is 9.59 Å². The zero-order valence-electron chi connectivity index (χ0n) is 12.8. The smallest absolute Gasteiger partial charge is 0.321 e. The minimum absolute atomic E-state index is 0.0560. The maximum atomic E-state index is 11.6. The molecule has 3 N–H and O–H groups in total. The molecule has 5 nitrogen and oxygen atoms in total. The third-order valence-corrected chi connectivity index (χ3v) is 2.42. The molecule has 3 amide bonds. The lowest BCUT2D eigenvalue weighted by Gasteiger charge is -2.20. The third-order valence-electron chi connectivity index (χ3n) is 2.42. The van der Waals surface area contributed by atoms with Crippen LogP contribution in [0, 0.1) is 13.8 Å². The van der Waals surface area contributed by atoms with Crippen LogP contribution < -0.4 is 16.0 Å². The first kappa shape index (κ1) is 16.0. The molecule has 0 radical (unpaired) electrons. The lowest BCUT2D eigenvalue weighted by atomic mass is 10.1. The van der Waals surface area contributed by atoms with Gasteiger partial charge in [-0.15, -0.1) is 0 Å². The van der Waals surface area contributed by atoms with E-state index in [1.165, 1.54) is 0 Å². The largest absolute Gasteiger partial charge is 0.376 e. The summed E-state index contributed by atoms with van der Waals surface area (Å²) in [5, 5.41) is 7.95. The van der Waals surface area contributed by atoms with E-state index in [1.54, 1.807) is 0 Å². The molecule has 0 spiro atoms. The molecule has 0 aromatic heterocycles. The van der Waals surface area contributed by atoms with E-state index in [0.29, 0.717) is 0 Å². The van der Waals surface area contributed by atoms with Crippen LogP contribution >= 0.6 is 0 Å². The zero-order valence-corrected chi connectivity index (χ0v) is 12.8. The molecule has 0 aliphatic rings. The number of anilines is 1. The van der Waals surface area contributed by atoms with Gasteiger partial charge in [0.2, 0.25) is 5.91 Å². The summed E-state index contributed by atoms with van der Waals surface area (Å²) in [6.45, 7) is 9.60. The van der Waals surface area contributed by atoms with Crippen molar-refractivity contribution in [2.75, 3.05) is 11.9 Å². The van der Waals surface area contributed by atoms with Gasteiger partial charge in [0.1, 0.15) is 0 Å². The van der Waals surface area contributed by atoms with Crippen molar-refractivity contribution in [3.8, 4) is 0 Å². The van der Waals surface area contributed by atoms with Crippen molar-refractivity contribution < 1.29 is 9.59 Å². The summed E-state index contributed by atoms with van der Waals surface area (Å²) in [4.78, 5) is 23.2. The lowest BCUT2D eigenvalue weighted by molar-refractivity contribution is -0.118. The van der Waals surface area contributed by atoms with E-state index < -0.39 is 6.03 Å². The van der Waals surface area contributed by atoms with E-state index in [4.69, 9.17) is 0 Å². The Kier molecular flexibility index (Phi) is 5.13. The molecular formula is C15H23N3O2. The number of urea groups is 1. The fourth-order valence-electron chi connectivity index (χ4n) is 1.80. The number of carbonyl (C=O) groups excluding carboxylic acids is 2. The van der Waals surface area contributed by atoms with Crippen LogP contribution in [-0.4, -0.2) is 24.0 Å². The number of rotatable bonds is 3. The lowest BCUT2D eigenvalue weighted by Crippen LogP contribution is -2.49. The van der Waals surface area contributed by atoms with Crippen molar-refractivity contribution in [3.63, 3.8) is 0 Å². The molecule has 0 saturated heterocycles. The normalized spacial score (nSPS) is 10.8. The molecule has 1 rings (SSSR count). The first-order chi connectivity index (χ1) is 9.15. The maximum absolute atomic E-state index is 11.6. The second kappa shape index (κ2) is 6.41. The Morgan fingerprint density at radius 1 is 1.05 bits per heavy atom. The van der Waals surface area contributed by atoms with Crippen LogP contribution in [0.15, 0.2) is 18.2 Å². The van der Waals surface area contributed by atoms with Crippen molar-refractivity contribution in [1.82, 2.24) is 10.6 Å². The van der Waals surface area contributed by atoms with Crippen molar-refractivity contribution in [2.45, 2.75) is 40.2 Å². The van der Waals surface area contributed by atoms with Crippen LogP contribution in [0.1, 0.15) is 31.9 Å². The third kappa shape index (κ3) is 6.22. The molecule has 5 heteroatoms. The van der Waals surface area contributed by atoms with Gasteiger partial charge in [-0.25, -0.2) is 4.79 Å². The average molecular weight is 277 g/mol. The molecule has 0 aliphatic carbocycles. The second-order valence-corrected chi connectivity index (χ2v) is 5.98. The molecule has 0 fully saturated rings. The number of nitrogens with one attached hydrogen (secondary N) is 3. The summed E-state index contributed by atoms with van der Waals surface area (Å²) in [6, 6.07) is 5.48. The van der Waals surface area contributed by atoms with Crippen molar-refractivity contribution in [1.29, 1.82) is 0 Å². The van der Waals surface area contributed by atoms with Gasteiger partial charge in [0.15, 0.2) is 0 Å². The SMILES string of the molecule is Cc1cc(C)cc(NCC(=O)NC(=O)NC(C)(C)C)c1. The fraction of sp³-hybridized carbons (Fsp3) is 0.467. The van der Waals surface area contributed by atoms with E-state index >= 15 is 0 Å². The first-order valence-electron chi connectivity index (χ1n) is 6.60. The number of aryl methyl sites for hydroxylation is 2. The van der Waals surface area contributed by atoms with E-state index in [0.717, 1.165) is 16.8 Å². The topological polar surface area (TPSA) is 70.2 Å². The van der Waals surface area contributed by atoms with Crippen LogP contribution in [0.25, 0.3) is 0 Å². The average Bonchev–Trinajstić information content (AvgIpc) is 2.22. The number of amides is 3. The predicted molar refractivity (Wildman–Crippen MR) is 80.8 cm³/mol. The van der Waals surface area contributed by atoms with Crippen molar-refractivity contribution >= 4 is 17.6 Å². The number of hydrogen-bond donors (Lipinski definition) is 3. The maximum Gasteiger partial charge on any atom is 0.321 e. The highest BCUT2D eigenvalue weighted by Gasteiger charge is 2.15. The number of carbonyl (C=O) groups is 2. The minimum atomic E-state index is -0.482. The van der Waals surface area contributed by atoms with Gasteiger partial charge in [-0.3, -0.25) is 10.1 Å². The summed E-state index contributed by atoms with van der Waals surface area (Å²) in [7, 11) is 0. The number of imide groups is 1. The van der Waals surface area contributed by atoms with E-state index in [1.807, 2.05) is 46.8 Å². The van der Waals surface area contributed by atoms with Crippen molar-refractivity contribution in [3.05, 3.63) is 29.3 Å². The van der Waals surface area contributed by atoms with Crippen LogP contribution in [0.3, 0.4) is 0 Å². The molecule has 0 heterocycles. The number of hydrogen-bond acceptors (Lipinski definition) is 3. The summed E-state index contributed by atoms with van der Waals surface area (Å²) in [6.07, 6.45) is 0. The zero-order chi connectivity index (χ0) is 15.3. The van der Waals surface area contributed by atoms with Gasteiger partial charge < -0.3 is 10.6 Å². The molecule has 1 aromatic carbocycles. The van der Waals surface area contributed by atoms with Gasteiger partial charge in [0.05, 0.1) is 6.54 Å². The van der Waals surface area contributed by atoms with E-state index in [-0.39, 0.29) is 18.0 Å². The molecular weight excluding hydrogens is 254 g/mol. The molecule has 0 unspecified atom stereocenters. The molecule has 0 bridgehead atoms. The Bertz CT molecular complexity index is 484. The summed E-state index contributed by atoms with van der Waals surface area (Å²) in [5.41, 5.74) is 2.75. The van der Waals surface area contributed by atoms with E-state index in [2.05, 4.69) is 22.0 Å². The highest BCUT2D eigenvalue weighted by Crippen LogP contribution is 2.13. The Morgan fingerprint density at radius 2 is 1.60 bits per heavy atom. The van der Waals surface area contributed by atoms with Gasteiger partial charge in [-0.2, -0.15) is 0 Å². The summed E-state index contributed by atoms with van der Waals surface area (Å²) >= 11 is 0. The summed E-state index contributed by atoms with van der Waals surface area (Å²) in [5.74, 6) is -0.370. The molecule has 20 heavy (non-hydrogen) atoms. The summed E-state index contributed by atoms with van der Waals surface area (Å²) < 4.78 is 0. The predicted octanol–water partition coefficient (Wildman–Crippen LogP) is 2.34. The van der Waals surface area contributed by atoms with Crippen molar-refractivity contribution in [2.24, 2.45) is 0 Å². The van der Waals surface area contributed by atoms with Gasteiger partial charge in [-0.05, 0) is 57.9 Å². The minimum Gasteiger partial charge on any atom is -0.376 e. The molecule has 110 valence electrons. The number of benzene rings is 1. The van der Waals surface area contributed by atoms with Crippen LogP contribution in [-0.2, 0) is 4.79 Å². The van der Waals surface area contributed by atoms with Gasteiger partial charge in [0.25, 0.3) is 0 Å². The standard InChI is InChI=1S/C15H23N3O2/c1-10-6-11(2)8-12(7-10)16-9-13(19)17-14(20)18-15(3,4)5/h6-8,16H,9H2,1-5H3,(H2,17,18,19,20). The second-order valence-electron chi connectivity index (χ2n) is 5.98. The Balaban J connectivity index is 2.45. The Labute approximate surface area is 120 Å². The monoisotopic (exact) mass is 277 g/mol. The highest BCUT2D eigenvalue weighted by molar-refractivity contribution is 5.96. The molecule has 0 aliphatic heterocycles. The first-order valence-corrected chi connectivity index (χ1v) is 6.60. The van der Waals surface area contributed by atoms with Gasteiger partial charge >= 0.3 is 6.03 Å². The molecule has 0 saturated carbocycles. The Hall–Kier alpha value is -2.04. The molecule has 1 aromatic rings. The van der Waals surface area contributed by atoms with Gasteiger partial charge in [-0.1, -0.05) is 6.07 Å². The highest BCUT2D eigenvalue weighted by atomic mass is 16.2. The quantitative estimate of drug-likeness (QED) is 0.794. The Morgan fingerprint density at radius 3 is 2.10 bits per heavy atom. The fourth-order valence-corrected chi connectivity index (χ4v) is 1.80. The van der Waals surface area contributed by atoms with Crippen LogP contribution in [0.5, 0.6) is 0 Å². The van der Waals surface area contributed by atoms with Crippen LogP contribution in [0.2, 0.25) is 0 Å². The van der Waals surface area contributed by atoms with Crippen LogP contribution in [0.4, 0.5) is 10.5 Å². The van der Waals surface area contributed by atoms with Gasteiger partial charge in [0, 0.05) is 11.2 Å².